The zero-order valence-electron chi connectivity index (χ0n) is 33.6. The molecule has 9 atom stereocenters. The van der Waals surface area contributed by atoms with E-state index in [1.165, 1.54) is 35.8 Å². The number of carbonyl (C=O) groups excluding carboxylic acids is 7. The van der Waals surface area contributed by atoms with E-state index in [-0.39, 0.29) is 56.3 Å². The Morgan fingerprint density at radius 2 is 1.66 bits per heavy atom. The largest absolute Gasteiger partial charge is 0.458 e. The molecule has 0 aromatic heterocycles. The molecule has 4 heterocycles. The first kappa shape index (κ1) is 43.5. The van der Waals surface area contributed by atoms with Crippen molar-refractivity contribution in [3.63, 3.8) is 0 Å². The molecule has 0 radical (unpaired) electrons. The second-order valence-corrected chi connectivity index (χ2v) is 16.8. The number of hydrogen-bond acceptors (Lipinski definition) is 9. The van der Waals surface area contributed by atoms with Gasteiger partial charge in [0.2, 0.25) is 35.4 Å². The molecule has 4 saturated heterocycles. The molecule has 0 bridgehead atoms. The third kappa shape index (κ3) is 10.0. The number of hydrogen-bond donors (Lipinski definition) is 4. The zero-order valence-corrected chi connectivity index (χ0v) is 34.4. The number of nitrogens with one attached hydrogen (secondary N) is 3. The van der Waals surface area contributed by atoms with Gasteiger partial charge in [-0.15, -0.1) is 0 Å². The van der Waals surface area contributed by atoms with Gasteiger partial charge in [0.1, 0.15) is 48.2 Å². The first-order valence-corrected chi connectivity index (χ1v) is 20.6. The summed E-state index contributed by atoms with van der Waals surface area (Å²) in [4.78, 5) is 102. The molecule has 4 N–H and O–H groups in total. The van der Waals surface area contributed by atoms with E-state index in [1.54, 1.807) is 12.1 Å². The predicted molar refractivity (Wildman–Crippen MR) is 212 cm³/mol. The Kier molecular flexibility index (Phi) is 13.6. The van der Waals surface area contributed by atoms with Crippen LogP contribution in [0.5, 0.6) is 0 Å². The lowest BCUT2D eigenvalue weighted by Gasteiger charge is -2.39. The number of piperidine rings is 1. The quantitative estimate of drug-likeness (QED) is 0.300. The van der Waals surface area contributed by atoms with Crippen molar-refractivity contribution >= 4 is 53.0 Å². The molecule has 4 aliphatic rings. The molecule has 6 amide bonds. The van der Waals surface area contributed by atoms with Crippen molar-refractivity contribution in [1.29, 1.82) is 0 Å². The van der Waals surface area contributed by atoms with Crippen LogP contribution in [0.25, 0.3) is 0 Å². The average Bonchev–Trinajstić information content (AvgIpc) is 3.79. The van der Waals surface area contributed by atoms with E-state index >= 15 is 0 Å². The third-order valence-electron chi connectivity index (χ3n) is 11.6. The Balaban J connectivity index is 1.35. The Hall–Kier alpha value is -5.09. The summed E-state index contributed by atoms with van der Waals surface area (Å²) in [6.45, 7) is 6.78. The average molecular weight is 839 g/mol. The summed E-state index contributed by atoms with van der Waals surface area (Å²) < 4.78 is 20.2. The lowest BCUT2D eigenvalue weighted by Crippen LogP contribution is -2.63. The summed E-state index contributed by atoms with van der Waals surface area (Å²) in [6, 6.07) is 3.96. The number of aliphatic hydroxyl groups is 1. The van der Waals surface area contributed by atoms with Gasteiger partial charge in [-0.25, -0.2) is 9.18 Å². The fourth-order valence-corrected chi connectivity index (χ4v) is 8.71. The molecule has 0 spiro atoms. The summed E-state index contributed by atoms with van der Waals surface area (Å²) in [5, 5.41) is 18.9. The second-order valence-electron chi connectivity index (χ2n) is 16.4. The van der Waals surface area contributed by atoms with Crippen molar-refractivity contribution in [1.82, 2.24) is 30.7 Å². The normalized spacial score (nSPS) is 28.6. The fraction of sp³-hybridized carbons (Fsp3) is 0.548. The van der Waals surface area contributed by atoms with Gasteiger partial charge in [-0.2, -0.15) is 0 Å². The van der Waals surface area contributed by atoms with E-state index in [1.807, 2.05) is 26.0 Å². The van der Waals surface area contributed by atoms with Crippen LogP contribution in [0.2, 0.25) is 5.02 Å². The molecule has 0 unspecified atom stereocenters. The number of fused-ring (bicyclic) bond motifs is 3. The summed E-state index contributed by atoms with van der Waals surface area (Å²) in [7, 11) is 0. The highest BCUT2D eigenvalue weighted by molar-refractivity contribution is 6.30. The summed E-state index contributed by atoms with van der Waals surface area (Å²) in [6.07, 6.45) is -1.19. The number of aliphatic hydroxyl groups excluding tert-OH is 1. The molecule has 2 aromatic carbocycles. The van der Waals surface area contributed by atoms with Crippen molar-refractivity contribution in [2.24, 2.45) is 5.92 Å². The van der Waals surface area contributed by atoms with Crippen molar-refractivity contribution in [2.75, 3.05) is 19.6 Å². The molecular formula is C42H52ClFN6O9. The first-order valence-electron chi connectivity index (χ1n) is 20.2. The molecule has 6 rings (SSSR count). The number of ether oxygens (including phenoxy) is 1. The smallest absolute Gasteiger partial charge is 0.329 e. The summed E-state index contributed by atoms with van der Waals surface area (Å²) in [5.41, 5.74) is 1.86. The monoisotopic (exact) mass is 838 g/mol. The van der Waals surface area contributed by atoms with E-state index in [9.17, 15) is 43.1 Å². The minimum Gasteiger partial charge on any atom is -0.458 e. The van der Waals surface area contributed by atoms with Crippen LogP contribution in [0, 0.1) is 18.7 Å². The van der Waals surface area contributed by atoms with Gasteiger partial charge < -0.3 is 40.5 Å². The Bertz CT molecular complexity index is 1990. The second kappa shape index (κ2) is 18.4. The highest BCUT2D eigenvalue weighted by Gasteiger charge is 2.49. The molecule has 17 heteroatoms. The van der Waals surface area contributed by atoms with E-state index in [4.69, 9.17) is 16.3 Å². The van der Waals surface area contributed by atoms with Crippen LogP contribution in [0.3, 0.4) is 0 Å². The van der Waals surface area contributed by atoms with Gasteiger partial charge in [0.15, 0.2) is 0 Å². The third-order valence-corrected chi connectivity index (χ3v) is 11.9. The number of aryl methyl sites for hydroxylation is 1. The lowest BCUT2D eigenvalue weighted by atomic mass is 9.98. The van der Waals surface area contributed by atoms with Crippen LogP contribution < -0.4 is 16.0 Å². The highest BCUT2D eigenvalue weighted by Crippen LogP contribution is 2.29. The Morgan fingerprint density at radius 3 is 2.39 bits per heavy atom. The number of halogens is 2. The molecule has 2 aromatic rings. The minimum absolute atomic E-state index is 0.0273. The number of amides is 6. The van der Waals surface area contributed by atoms with Gasteiger partial charge in [-0.05, 0) is 75.6 Å². The van der Waals surface area contributed by atoms with Gasteiger partial charge in [-0.3, -0.25) is 28.8 Å². The Morgan fingerprint density at radius 1 is 0.915 bits per heavy atom. The summed E-state index contributed by atoms with van der Waals surface area (Å²) in [5.74, 6) is -5.59. The van der Waals surface area contributed by atoms with Gasteiger partial charge in [0.05, 0.1) is 17.5 Å². The van der Waals surface area contributed by atoms with Gasteiger partial charge in [0, 0.05) is 32.5 Å². The molecular weight excluding hydrogens is 787 g/mol. The fourth-order valence-electron chi connectivity index (χ4n) is 8.59. The maximum absolute atomic E-state index is 14.8. The van der Waals surface area contributed by atoms with Gasteiger partial charge in [-0.1, -0.05) is 54.4 Å². The number of cyclic esters (lactones) is 1. The lowest BCUT2D eigenvalue weighted by molar-refractivity contribution is -0.163. The van der Waals surface area contributed by atoms with Crippen molar-refractivity contribution in [2.45, 2.75) is 121 Å². The Labute approximate surface area is 347 Å². The van der Waals surface area contributed by atoms with Gasteiger partial charge in [0.25, 0.3) is 0 Å². The number of nitrogens with zero attached hydrogens (tertiary/aromatic N) is 3. The summed E-state index contributed by atoms with van der Waals surface area (Å²) >= 11 is 5.83. The minimum atomic E-state index is -1.63. The van der Waals surface area contributed by atoms with E-state index in [0.717, 1.165) is 16.5 Å². The molecule has 15 nitrogen and oxygen atoms in total. The maximum atomic E-state index is 14.8. The van der Waals surface area contributed by atoms with E-state index in [0.29, 0.717) is 30.4 Å². The van der Waals surface area contributed by atoms with E-state index < -0.39 is 95.7 Å². The number of rotatable bonds is 7. The standard InChI is InChI=1S/C42H52ClFN6O9/c1-22-8-7-9-26(14-22)17-31(46-35(52)18-27-11-12-29(43)30(44)16-27)37(53)47-36-25(4)59-42(58)34-15-23(2)20-49(34)39(55)24(3)45-38(54)32-10-5-6-13-48(32)40(56)33-19-28(51)21-50(33)41(36)57/h7-9,11-12,14,16,23-25,28,31-34,36,51H,5-6,10,13,15,17-21H2,1-4H3,(H,45,54)(H,46,52)(H,47,53)/t23-,24-,25-,28+,31-,32-,33-,34-,36-/m0/s1. The topological polar surface area (TPSA) is 195 Å². The van der Waals surface area contributed by atoms with E-state index in [2.05, 4.69) is 16.0 Å². The van der Waals surface area contributed by atoms with Gasteiger partial charge >= 0.3 is 5.97 Å². The van der Waals surface area contributed by atoms with Crippen molar-refractivity contribution in [3.05, 3.63) is 70.0 Å². The first-order chi connectivity index (χ1) is 28.0. The van der Waals surface area contributed by atoms with Crippen LogP contribution in [0.4, 0.5) is 4.39 Å². The van der Waals surface area contributed by atoms with Crippen molar-refractivity contribution < 1.29 is 47.8 Å². The molecule has 4 aliphatic heterocycles. The van der Waals surface area contributed by atoms with Crippen LogP contribution in [-0.4, -0.2) is 129 Å². The van der Waals surface area contributed by atoms with Crippen LogP contribution in [0.15, 0.2) is 42.5 Å². The molecule has 318 valence electrons. The maximum Gasteiger partial charge on any atom is 0.329 e. The SMILES string of the molecule is Cc1cccc(C[C@H](NC(=O)Cc2ccc(Cl)c(F)c2)C(=O)N[C@@H]2C(=O)N3C[C@H](O)C[C@H]3C(=O)N3CCCC[C@H]3C(=O)N[C@@H](C)C(=O)N3C[C@@H](C)C[C@H]3C(=O)O[C@H]2C)c1. The van der Waals surface area contributed by atoms with Crippen LogP contribution >= 0.6 is 11.6 Å². The molecule has 0 aliphatic carbocycles. The molecule has 4 fully saturated rings. The number of carbonyl (C=O) groups is 7. The number of esters is 1. The number of benzene rings is 2. The van der Waals surface area contributed by atoms with Crippen LogP contribution in [-0.2, 0) is 51.1 Å². The zero-order chi connectivity index (χ0) is 42.7. The molecule has 0 saturated carbocycles. The van der Waals surface area contributed by atoms with Crippen LogP contribution in [0.1, 0.15) is 69.6 Å². The van der Waals surface area contributed by atoms with Crippen molar-refractivity contribution in [3.8, 4) is 0 Å². The predicted octanol–water partition coefficient (Wildman–Crippen LogP) is 1.57. The molecule has 59 heavy (non-hydrogen) atoms. The highest BCUT2D eigenvalue weighted by atomic mass is 35.5.